The first-order chi connectivity index (χ1) is 13.6. The smallest absolute Gasteiger partial charge is 0.333 e. The second kappa shape index (κ2) is 18.2. The minimum Gasteiger partial charge on any atom is -0.481 e. The second-order valence-corrected chi connectivity index (χ2v) is 5.54. The van der Waals surface area contributed by atoms with Crippen LogP contribution in [0.1, 0.15) is 72.6 Å². The molecule has 3 N–H and O–H groups in total. The molecule has 0 aromatic heterocycles. The van der Waals surface area contributed by atoms with E-state index in [1.165, 1.54) is 0 Å². The molecule has 172 valence electrons. The molecule has 13 heteroatoms. The zero-order valence-electron chi connectivity index (χ0n) is 16.2. The van der Waals surface area contributed by atoms with Gasteiger partial charge in [-0.25, -0.2) is 9.57 Å². The molecule has 0 aliphatic carbocycles. The lowest BCUT2D eigenvalue weighted by molar-refractivity contribution is -0.197. The number of imide groups is 2. The normalized spacial score (nSPS) is 14.4. The maximum absolute atomic E-state index is 11.0. The molecule has 2 fully saturated rings. The Hall–Kier alpha value is -2.80. The first kappa shape index (κ1) is 31.9. The molecule has 4 amide bonds. The number of rotatable bonds is 5. The summed E-state index contributed by atoms with van der Waals surface area (Å²) < 4.78 is 5.33. The van der Waals surface area contributed by atoms with Crippen LogP contribution < -0.4 is 0 Å². The van der Waals surface area contributed by atoms with Crippen molar-refractivity contribution in [2.45, 2.75) is 72.6 Å². The summed E-state index contributed by atoms with van der Waals surface area (Å²) in [6, 6.07) is 0. The minimum absolute atomic E-state index is 0. The van der Waals surface area contributed by atoms with Crippen molar-refractivity contribution in [3.8, 4) is 0 Å². The van der Waals surface area contributed by atoms with Crippen LogP contribution in [-0.2, 0) is 46.0 Å². The van der Waals surface area contributed by atoms with E-state index in [9.17, 15) is 28.8 Å². The van der Waals surface area contributed by atoms with Gasteiger partial charge < -0.3 is 9.94 Å². The summed E-state index contributed by atoms with van der Waals surface area (Å²) in [6.45, 7) is 3.66. The van der Waals surface area contributed by atoms with E-state index in [0.717, 1.165) is 6.42 Å². The first-order valence-corrected chi connectivity index (χ1v) is 9.08. The first-order valence-electron chi connectivity index (χ1n) is 8.67. The van der Waals surface area contributed by atoms with E-state index in [2.05, 4.69) is 17.3 Å². The molecule has 0 radical (unpaired) electrons. The molecular weight excluding hydrogens is 422 g/mol. The number of carbonyl (C=O) groups excluding carboxylic acids is 5. The van der Waals surface area contributed by atoms with Gasteiger partial charge in [0.1, 0.15) is 0 Å². The third-order valence-corrected chi connectivity index (χ3v) is 3.14. The SMILES string of the molecule is C.CCCC(=O)O.CCCC(=O)ON1C(=O)CCC1=O.N=S.O=C1CCC(=O)N1O. The number of aliphatic carboxylic acids is 1. The Bertz CT molecular complexity index is 581. The quantitative estimate of drug-likeness (QED) is 0.411. The molecule has 0 spiro atoms. The molecule has 0 bridgehead atoms. The maximum Gasteiger partial charge on any atom is 0.333 e. The molecule has 0 unspecified atom stereocenters. The Morgan fingerprint density at radius 3 is 1.50 bits per heavy atom. The van der Waals surface area contributed by atoms with Gasteiger partial charge in [0.05, 0.1) is 0 Å². The summed E-state index contributed by atoms with van der Waals surface area (Å²) >= 11 is 3.33. The summed E-state index contributed by atoms with van der Waals surface area (Å²) in [5.41, 5.74) is 0. The zero-order chi connectivity index (χ0) is 23.0. The van der Waals surface area contributed by atoms with Crippen molar-refractivity contribution in [3.05, 3.63) is 0 Å². The molecule has 0 aromatic carbocycles. The Labute approximate surface area is 180 Å². The van der Waals surface area contributed by atoms with Crippen LogP contribution in [0.25, 0.3) is 0 Å². The second-order valence-electron chi connectivity index (χ2n) is 5.54. The predicted octanol–water partition coefficient (Wildman–Crippen LogP) is 1.72. The molecular formula is C17H29N3O9S. The van der Waals surface area contributed by atoms with E-state index in [-0.39, 0.29) is 44.6 Å². The summed E-state index contributed by atoms with van der Waals surface area (Å²) in [7, 11) is 0. The van der Waals surface area contributed by atoms with Crippen LogP contribution in [-0.4, -0.2) is 56.0 Å². The van der Waals surface area contributed by atoms with Gasteiger partial charge in [0.15, 0.2) is 0 Å². The molecule has 30 heavy (non-hydrogen) atoms. The fraction of sp³-hybridized carbons (Fsp3) is 0.647. The van der Waals surface area contributed by atoms with Crippen LogP contribution >= 0.6 is 0 Å². The van der Waals surface area contributed by atoms with Crippen molar-refractivity contribution in [3.63, 3.8) is 0 Å². The lowest BCUT2D eigenvalue weighted by atomic mass is 10.3. The number of carbonyl (C=O) groups is 6. The van der Waals surface area contributed by atoms with Crippen molar-refractivity contribution in [1.29, 1.82) is 4.78 Å². The summed E-state index contributed by atoms with van der Waals surface area (Å²) in [4.78, 5) is 67.5. The van der Waals surface area contributed by atoms with E-state index in [1.807, 2.05) is 13.8 Å². The van der Waals surface area contributed by atoms with Gasteiger partial charge >= 0.3 is 11.9 Å². The summed E-state index contributed by atoms with van der Waals surface area (Å²) in [6.07, 6.45) is 2.45. The standard InChI is InChI=1S/C8H11NO4.C4H5NO3.C4H8O2.CH4.HNS/c1-2-3-8(12)13-9-6(10)4-5-7(9)11;6-3-1-2-4(7)5(3)8;1-2-3-4(5)6;;1-2/h2-5H2,1H3;8H,1-2H2;2-3H2,1H3,(H,5,6);1H4;1H. The van der Waals surface area contributed by atoms with E-state index < -0.39 is 35.6 Å². The highest BCUT2D eigenvalue weighted by atomic mass is 32.1. The topological polar surface area (TPSA) is 182 Å². The third-order valence-electron chi connectivity index (χ3n) is 3.14. The van der Waals surface area contributed by atoms with Crippen molar-refractivity contribution in [1.82, 2.24) is 10.1 Å². The van der Waals surface area contributed by atoms with Crippen molar-refractivity contribution >= 4 is 48.0 Å². The highest BCUT2D eigenvalue weighted by Crippen LogP contribution is 2.12. The number of carboxylic acids is 1. The average molecular weight is 451 g/mol. The Morgan fingerprint density at radius 1 is 0.900 bits per heavy atom. The minimum atomic E-state index is -0.711. The van der Waals surface area contributed by atoms with Gasteiger partial charge in [-0.15, -0.1) is 5.06 Å². The van der Waals surface area contributed by atoms with Gasteiger partial charge in [-0.1, -0.05) is 21.3 Å². The lowest BCUT2D eigenvalue weighted by Gasteiger charge is -2.11. The van der Waals surface area contributed by atoms with E-state index in [1.54, 1.807) is 0 Å². The lowest BCUT2D eigenvalue weighted by Crippen LogP contribution is -2.31. The van der Waals surface area contributed by atoms with Crippen molar-refractivity contribution < 1.29 is 43.9 Å². The highest BCUT2D eigenvalue weighted by molar-refractivity contribution is 7.45. The van der Waals surface area contributed by atoms with Crippen LogP contribution in [0, 0.1) is 4.78 Å². The van der Waals surface area contributed by atoms with E-state index in [0.29, 0.717) is 17.9 Å². The third kappa shape index (κ3) is 13.4. The fourth-order valence-corrected chi connectivity index (χ4v) is 1.79. The number of hydrogen-bond donors (Lipinski definition) is 3. The molecule has 2 aliphatic heterocycles. The van der Waals surface area contributed by atoms with Crippen LogP contribution in [0.15, 0.2) is 0 Å². The average Bonchev–Trinajstić information content (AvgIpc) is 3.14. The Morgan fingerprint density at radius 2 is 1.27 bits per heavy atom. The van der Waals surface area contributed by atoms with Gasteiger partial charge in [0.2, 0.25) is 0 Å². The van der Waals surface area contributed by atoms with Gasteiger partial charge in [0.25, 0.3) is 23.6 Å². The van der Waals surface area contributed by atoms with E-state index in [4.69, 9.17) is 15.1 Å². The molecule has 2 aliphatic rings. The number of nitrogens with one attached hydrogen (secondary N) is 1. The van der Waals surface area contributed by atoms with Gasteiger partial charge in [-0.2, -0.15) is 5.06 Å². The Kier molecular flexibility index (Phi) is 19.4. The number of hydroxylamine groups is 4. The van der Waals surface area contributed by atoms with Crippen LogP contribution in [0.5, 0.6) is 0 Å². The zero-order valence-corrected chi connectivity index (χ0v) is 17.0. The van der Waals surface area contributed by atoms with Gasteiger partial charge in [-0.05, 0) is 12.8 Å². The fourth-order valence-electron chi connectivity index (χ4n) is 1.79. The van der Waals surface area contributed by atoms with Gasteiger partial charge in [-0.3, -0.25) is 29.2 Å². The maximum atomic E-state index is 11.0. The number of amides is 4. The van der Waals surface area contributed by atoms with E-state index >= 15 is 0 Å². The molecule has 0 atom stereocenters. The van der Waals surface area contributed by atoms with Crippen molar-refractivity contribution in [2.24, 2.45) is 0 Å². The molecule has 12 nitrogen and oxygen atoms in total. The van der Waals surface area contributed by atoms with Crippen LogP contribution in [0.4, 0.5) is 0 Å². The number of hydrogen-bond acceptors (Lipinski definition) is 10. The highest BCUT2D eigenvalue weighted by Gasteiger charge is 2.32. The summed E-state index contributed by atoms with van der Waals surface area (Å²) in [5.74, 6) is -3.13. The van der Waals surface area contributed by atoms with Crippen LogP contribution in [0.2, 0.25) is 0 Å². The molecule has 2 heterocycles. The monoisotopic (exact) mass is 451 g/mol. The molecule has 0 saturated carbocycles. The number of carboxylic acid groups (broad SMARTS) is 1. The molecule has 2 saturated heterocycles. The summed E-state index contributed by atoms with van der Waals surface area (Å²) in [5, 5.41) is 17.0. The molecule has 0 aromatic rings. The Balaban J connectivity index is -0.000000371. The van der Waals surface area contributed by atoms with Crippen LogP contribution in [0.3, 0.4) is 0 Å². The largest absolute Gasteiger partial charge is 0.481 e. The molecule has 2 rings (SSSR count). The number of nitrogens with zero attached hydrogens (tertiary/aromatic N) is 2. The van der Waals surface area contributed by atoms with Gasteiger partial charge in [0, 0.05) is 51.0 Å². The predicted molar refractivity (Wildman–Crippen MR) is 104 cm³/mol. The van der Waals surface area contributed by atoms with Crippen molar-refractivity contribution in [2.75, 3.05) is 0 Å².